The normalized spacial score (nSPS) is 12.1. The van der Waals surface area contributed by atoms with E-state index in [2.05, 4.69) is 22.5 Å². The molecule has 6 heteroatoms. The molecular formula is C14H19N3O2S. The van der Waals surface area contributed by atoms with Crippen molar-refractivity contribution in [2.24, 2.45) is 0 Å². The lowest BCUT2D eigenvalue weighted by Crippen LogP contribution is -2.38. The summed E-state index contributed by atoms with van der Waals surface area (Å²) in [6, 6.07) is 3.58. The quantitative estimate of drug-likeness (QED) is 0.860. The smallest absolute Gasteiger partial charge is 0.314 e. The van der Waals surface area contributed by atoms with Gasteiger partial charge in [0, 0.05) is 36.5 Å². The Bertz CT molecular complexity index is 536. The maximum atomic E-state index is 11.6. The first-order valence-electron chi connectivity index (χ1n) is 6.61. The molecule has 0 saturated heterocycles. The van der Waals surface area contributed by atoms with Crippen LogP contribution in [0.5, 0.6) is 0 Å². The third-order valence-electron chi connectivity index (χ3n) is 2.86. The zero-order valence-electron chi connectivity index (χ0n) is 11.7. The maximum Gasteiger partial charge on any atom is 0.314 e. The number of nitrogens with one attached hydrogen (secondary N) is 2. The third-order valence-corrected chi connectivity index (χ3v) is 4.06. The van der Waals surface area contributed by atoms with E-state index < -0.39 is 0 Å². The highest BCUT2D eigenvalue weighted by Crippen LogP contribution is 2.18. The van der Waals surface area contributed by atoms with Crippen molar-refractivity contribution < 1.29 is 9.21 Å². The molecule has 0 saturated carbocycles. The molecule has 2 N–H and O–H groups in total. The van der Waals surface area contributed by atoms with Crippen LogP contribution in [0.2, 0.25) is 0 Å². The van der Waals surface area contributed by atoms with Crippen LogP contribution < -0.4 is 10.6 Å². The van der Waals surface area contributed by atoms with Gasteiger partial charge >= 0.3 is 6.03 Å². The van der Waals surface area contributed by atoms with Gasteiger partial charge in [0.25, 0.3) is 0 Å². The van der Waals surface area contributed by atoms with Crippen molar-refractivity contribution >= 4 is 17.4 Å². The van der Waals surface area contributed by atoms with Gasteiger partial charge in [-0.3, -0.25) is 0 Å². The van der Waals surface area contributed by atoms with Crippen molar-refractivity contribution in [3.05, 3.63) is 40.2 Å². The highest BCUT2D eigenvalue weighted by atomic mass is 32.1. The average molecular weight is 293 g/mol. The second-order valence-corrected chi connectivity index (χ2v) is 5.58. The van der Waals surface area contributed by atoms with E-state index in [1.807, 2.05) is 24.4 Å². The van der Waals surface area contributed by atoms with Crippen molar-refractivity contribution in [1.82, 2.24) is 15.6 Å². The molecule has 2 aromatic rings. The van der Waals surface area contributed by atoms with Gasteiger partial charge in [0.2, 0.25) is 0 Å². The first kappa shape index (κ1) is 14.6. The molecule has 2 heterocycles. The minimum atomic E-state index is -0.156. The first-order valence-corrected chi connectivity index (χ1v) is 7.49. The average Bonchev–Trinajstić information content (AvgIpc) is 3.07. The van der Waals surface area contributed by atoms with Gasteiger partial charge in [-0.15, -0.1) is 11.3 Å². The van der Waals surface area contributed by atoms with Crippen LogP contribution in [-0.2, 0) is 6.42 Å². The molecule has 5 nitrogen and oxygen atoms in total. The predicted molar refractivity (Wildman–Crippen MR) is 79.1 cm³/mol. The van der Waals surface area contributed by atoms with Crippen LogP contribution in [0.1, 0.15) is 29.3 Å². The number of carbonyl (C=O) groups is 1. The van der Waals surface area contributed by atoms with Gasteiger partial charge in [0.1, 0.15) is 5.76 Å². The molecule has 2 rings (SSSR count). The predicted octanol–water partition coefficient (Wildman–Crippen LogP) is 2.69. The Morgan fingerprint density at radius 3 is 3.00 bits per heavy atom. The number of aryl methyl sites for hydroxylation is 1. The van der Waals surface area contributed by atoms with Crippen LogP contribution in [0.15, 0.2) is 28.2 Å². The number of hydrogen-bond acceptors (Lipinski definition) is 4. The van der Waals surface area contributed by atoms with Crippen molar-refractivity contribution in [3.63, 3.8) is 0 Å². The number of carbonyl (C=O) groups excluding carboxylic acids is 1. The highest BCUT2D eigenvalue weighted by molar-refractivity contribution is 7.09. The second kappa shape index (κ2) is 7.09. The van der Waals surface area contributed by atoms with Gasteiger partial charge in [0.05, 0.1) is 11.3 Å². The monoisotopic (exact) mass is 293 g/mol. The Kier molecular flexibility index (Phi) is 5.17. The summed E-state index contributed by atoms with van der Waals surface area (Å²) in [4.78, 5) is 16.1. The highest BCUT2D eigenvalue weighted by Gasteiger charge is 2.10. The Morgan fingerprint density at radius 2 is 2.35 bits per heavy atom. The molecule has 0 aliphatic rings. The summed E-state index contributed by atoms with van der Waals surface area (Å²) in [6.45, 7) is 5.17. The fourth-order valence-corrected chi connectivity index (χ4v) is 2.60. The lowest BCUT2D eigenvalue weighted by Gasteiger charge is -2.11. The van der Waals surface area contributed by atoms with Gasteiger partial charge in [-0.1, -0.05) is 6.92 Å². The largest absolute Gasteiger partial charge is 0.469 e. The van der Waals surface area contributed by atoms with Gasteiger partial charge < -0.3 is 15.1 Å². The molecule has 20 heavy (non-hydrogen) atoms. The number of furan rings is 1. The van der Waals surface area contributed by atoms with Crippen LogP contribution in [0.4, 0.5) is 4.79 Å². The minimum Gasteiger partial charge on any atom is -0.469 e. The standard InChI is InChI=1S/C14H19N3O2S/c1-10(13-17-11(2)9-20-13)8-16-14(18)15-6-5-12-4-3-7-19-12/h3-4,7,9-10H,5-6,8H2,1-2H3,(H2,15,16,18). The van der Waals surface area contributed by atoms with E-state index >= 15 is 0 Å². The Balaban J connectivity index is 1.64. The summed E-state index contributed by atoms with van der Waals surface area (Å²) < 4.78 is 5.20. The molecular weight excluding hydrogens is 274 g/mol. The second-order valence-electron chi connectivity index (χ2n) is 4.69. The van der Waals surface area contributed by atoms with Crippen molar-refractivity contribution in [3.8, 4) is 0 Å². The molecule has 0 aliphatic carbocycles. The Labute approximate surface area is 122 Å². The number of nitrogens with zero attached hydrogens (tertiary/aromatic N) is 1. The zero-order valence-corrected chi connectivity index (χ0v) is 12.5. The minimum absolute atomic E-state index is 0.156. The topological polar surface area (TPSA) is 67.2 Å². The van der Waals surface area contributed by atoms with Gasteiger partial charge in [-0.25, -0.2) is 9.78 Å². The van der Waals surface area contributed by atoms with Crippen LogP contribution in [0, 0.1) is 6.92 Å². The molecule has 0 fully saturated rings. The van der Waals surface area contributed by atoms with Gasteiger partial charge in [0.15, 0.2) is 0 Å². The summed E-state index contributed by atoms with van der Waals surface area (Å²) >= 11 is 1.63. The molecule has 1 unspecified atom stereocenters. The number of thiazole rings is 1. The molecule has 0 radical (unpaired) electrons. The van der Waals surface area contributed by atoms with E-state index in [-0.39, 0.29) is 11.9 Å². The van der Waals surface area contributed by atoms with E-state index in [0.717, 1.165) is 16.5 Å². The number of rotatable bonds is 6. The van der Waals surface area contributed by atoms with Crippen LogP contribution in [0.3, 0.4) is 0 Å². The number of hydrogen-bond donors (Lipinski definition) is 2. The van der Waals surface area contributed by atoms with Crippen LogP contribution >= 0.6 is 11.3 Å². The van der Waals surface area contributed by atoms with Crippen molar-refractivity contribution in [2.75, 3.05) is 13.1 Å². The third kappa shape index (κ3) is 4.38. The Hall–Kier alpha value is -1.82. The fourth-order valence-electron chi connectivity index (χ4n) is 1.75. The van der Waals surface area contributed by atoms with Crippen molar-refractivity contribution in [2.45, 2.75) is 26.2 Å². The lowest BCUT2D eigenvalue weighted by molar-refractivity contribution is 0.240. The Morgan fingerprint density at radius 1 is 1.50 bits per heavy atom. The summed E-state index contributed by atoms with van der Waals surface area (Å²) in [7, 11) is 0. The van der Waals surface area contributed by atoms with Crippen LogP contribution in [0.25, 0.3) is 0 Å². The van der Waals surface area contributed by atoms with Gasteiger partial charge in [-0.05, 0) is 19.1 Å². The first-order chi connectivity index (χ1) is 9.65. The number of aromatic nitrogens is 1. The van der Waals surface area contributed by atoms with Gasteiger partial charge in [-0.2, -0.15) is 0 Å². The summed E-state index contributed by atoms with van der Waals surface area (Å²) in [5, 5.41) is 8.74. The molecule has 0 aliphatic heterocycles. The summed E-state index contributed by atoms with van der Waals surface area (Å²) in [6.07, 6.45) is 2.33. The van der Waals surface area contributed by atoms with E-state index in [4.69, 9.17) is 4.42 Å². The van der Waals surface area contributed by atoms with E-state index in [1.165, 1.54) is 0 Å². The van der Waals surface area contributed by atoms with Crippen molar-refractivity contribution in [1.29, 1.82) is 0 Å². The zero-order chi connectivity index (χ0) is 14.4. The summed E-state index contributed by atoms with van der Waals surface area (Å²) in [5.41, 5.74) is 1.03. The molecule has 108 valence electrons. The molecule has 0 aromatic carbocycles. The molecule has 2 amide bonds. The number of amides is 2. The molecule has 0 bridgehead atoms. The fraction of sp³-hybridized carbons (Fsp3) is 0.429. The molecule has 2 aromatic heterocycles. The van der Waals surface area contributed by atoms with E-state index in [0.29, 0.717) is 19.5 Å². The SMILES string of the molecule is Cc1csc(C(C)CNC(=O)NCCc2ccco2)n1. The molecule has 1 atom stereocenters. The van der Waals surface area contributed by atoms with E-state index in [1.54, 1.807) is 17.6 Å². The summed E-state index contributed by atoms with van der Waals surface area (Å²) in [5.74, 6) is 1.10. The lowest BCUT2D eigenvalue weighted by atomic mass is 10.2. The van der Waals surface area contributed by atoms with Crippen LogP contribution in [-0.4, -0.2) is 24.1 Å². The maximum absolute atomic E-state index is 11.6. The van der Waals surface area contributed by atoms with E-state index in [9.17, 15) is 4.79 Å². The number of urea groups is 1. The molecule has 0 spiro atoms.